The molecule has 21 heavy (non-hydrogen) atoms. The van der Waals surface area contributed by atoms with Crippen LogP contribution < -0.4 is 4.57 Å². The first kappa shape index (κ1) is 14.9. The van der Waals surface area contributed by atoms with Crippen LogP contribution in [0, 0.1) is 0 Å². The Hall–Kier alpha value is -2.49. The molecule has 0 bridgehead atoms. The van der Waals surface area contributed by atoms with Crippen molar-refractivity contribution in [3.05, 3.63) is 66.0 Å². The van der Waals surface area contributed by atoms with Crippen LogP contribution in [0.1, 0.15) is 34.1 Å². The second-order valence-electron chi connectivity index (χ2n) is 4.68. The lowest BCUT2D eigenvalue weighted by Gasteiger charge is -2.02. The van der Waals surface area contributed by atoms with Crippen LogP contribution in [0.25, 0.3) is 0 Å². The SMILES string of the molecule is CCCOC(=O)c1cc[n+](CC(=O)c2ccccc2)cc1. The van der Waals surface area contributed by atoms with Gasteiger partial charge in [-0.3, -0.25) is 4.79 Å². The summed E-state index contributed by atoms with van der Waals surface area (Å²) in [6.45, 7) is 2.61. The molecule has 108 valence electrons. The van der Waals surface area contributed by atoms with E-state index in [4.69, 9.17) is 4.74 Å². The Morgan fingerprint density at radius 2 is 1.67 bits per heavy atom. The Kier molecular flexibility index (Phi) is 5.21. The van der Waals surface area contributed by atoms with Crippen molar-refractivity contribution in [3.63, 3.8) is 0 Å². The summed E-state index contributed by atoms with van der Waals surface area (Å²) in [6.07, 6.45) is 4.22. The summed E-state index contributed by atoms with van der Waals surface area (Å²) in [5.74, 6) is -0.305. The van der Waals surface area contributed by atoms with Crippen LogP contribution in [-0.2, 0) is 11.3 Å². The molecule has 2 rings (SSSR count). The van der Waals surface area contributed by atoms with Gasteiger partial charge in [-0.2, -0.15) is 4.57 Å². The maximum atomic E-state index is 12.1. The number of aromatic nitrogens is 1. The third-order valence-corrected chi connectivity index (χ3v) is 2.99. The van der Waals surface area contributed by atoms with Crippen LogP contribution in [0.2, 0.25) is 0 Å². The molecule has 2 aromatic rings. The summed E-state index contributed by atoms with van der Waals surface area (Å²) in [6, 6.07) is 12.5. The average Bonchev–Trinajstić information content (AvgIpc) is 2.54. The first-order valence-corrected chi connectivity index (χ1v) is 6.95. The highest BCUT2D eigenvalue weighted by atomic mass is 16.5. The van der Waals surface area contributed by atoms with E-state index in [9.17, 15) is 9.59 Å². The van der Waals surface area contributed by atoms with Crippen LogP contribution in [0.4, 0.5) is 0 Å². The molecule has 0 aliphatic rings. The molecule has 0 saturated carbocycles. The molecule has 0 fully saturated rings. The molecule has 0 spiro atoms. The highest BCUT2D eigenvalue weighted by molar-refractivity contribution is 5.95. The number of Topliss-reactive ketones (excluding diaryl/α,β-unsaturated/α-hetero) is 1. The molecule has 0 N–H and O–H groups in total. The number of rotatable bonds is 6. The smallest absolute Gasteiger partial charge is 0.338 e. The van der Waals surface area contributed by atoms with Crippen molar-refractivity contribution >= 4 is 11.8 Å². The predicted octanol–water partition coefficient (Wildman–Crippen LogP) is 2.42. The topological polar surface area (TPSA) is 47.2 Å². The number of pyridine rings is 1. The van der Waals surface area contributed by atoms with E-state index in [1.165, 1.54) is 0 Å². The predicted molar refractivity (Wildman–Crippen MR) is 78.0 cm³/mol. The van der Waals surface area contributed by atoms with E-state index in [0.717, 1.165) is 6.42 Å². The van der Waals surface area contributed by atoms with Gasteiger partial charge >= 0.3 is 5.97 Å². The van der Waals surface area contributed by atoms with E-state index in [1.807, 2.05) is 25.1 Å². The van der Waals surface area contributed by atoms with Crippen molar-refractivity contribution in [2.75, 3.05) is 6.61 Å². The molecule has 1 heterocycles. The Labute approximate surface area is 124 Å². The van der Waals surface area contributed by atoms with Crippen LogP contribution in [0.15, 0.2) is 54.9 Å². The summed E-state index contributed by atoms with van der Waals surface area (Å²) in [5, 5.41) is 0. The molecule has 1 aromatic heterocycles. The Morgan fingerprint density at radius 3 is 2.29 bits per heavy atom. The number of hydrogen-bond donors (Lipinski definition) is 0. The Balaban J connectivity index is 1.99. The Bertz CT molecular complexity index is 606. The molecule has 0 amide bonds. The minimum Gasteiger partial charge on any atom is -0.462 e. The van der Waals surface area contributed by atoms with Crippen molar-refractivity contribution in [1.29, 1.82) is 0 Å². The lowest BCUT2D eigenvalue weighted by molar-refractivity contribution is -0.683. The lowest BCUT2D eigenvalue weighted by Crippen LogP contribution is -2.37. The number of benzene rings is 1. The monoisotopic (exact) mass is 284 g/mol. The zero-order valence-electron chi connectivity index (χ0n) is 12.0. The largest absolute Gasteiger partial charge is 0.462 e. The fourth-order valence-corrected chi connectivity index (χ4v) is 1.86. The second kappa shape index (κ2) is 7.33. The molecule has 4 nitrogen and oxygen atoms in total. The third-order valence-electron chi connectivity index (χ3n) is 2.99. The van der Waals surface area contributed by atoms with Gasteiger partial charge in [0.15, 0.2) is 12.4 Å². The molecule has 1 aromatic carbocycles. The molecule has 0 aliphatic heterocycles. The average molecular weight is 284 g/mol. The van der Waals surface area contributed by atoms with Crippen LogP contribution >= 0.6 is 0 Å². The van der Waals surface area contributed by atoms with Gasteiger partial charge in [0, 0.05) is 17.7 Å². The van der Waals surface area contributed by atoms with E-state index >= 15 is 0 Å². The summed E-state index contributed by atoms with van der Waals surface area (Å²) in [5.41, 5.74) is 1.17. The normalized spacial score (nSPS) is 10.1. The van der Waals surface area contributed by atoms with E-state index < -0.39 is 0 Å². The van der Waals surface area contributed by atoms with Crippen molar-refractivity contribution in [2.45, 2.75) is 19.9 Å². The van der Waals surface area contributed by atoms with E-state index in [1.54, 1.807) is 41.2 Å². The zero-order valence-corrected chi connectivity index (χ0v) is 12.0. The van der Waals surface area contributed by atoms with Gasteiger partial charge in [0.1, 0.15) is 0 Å². The quantitative estimate of drug-likeness (QED) is 0.465. The first-order chi connectivity index (χ1) is 10.2. The highest BCUT2D eigenvalue weighted by Gasteiger charge is 2.13. The maximum absolute atomic E-state index is 12.1. The first-order valence-electron chi connectivity index (χ1n) is 6.95. The van der Waals surface area contributed by atoms with Crippen molar-refractivity contribution in [1.82, 2.24) is 0 Å². The fraction of sp³-hybridized carbons (Fsp3) is 0.235. The van der Waals surface area contributed by atoms with Crippen LogP contribution in [0.3, 0.4) is 0 Å². The van der Waals surface area contributed by atoms with Gasteiger partial charge in [-0.25, -0.2) is 4.79 Å². The molecule has 0 aliphatic carbocycles. The molecule has 0 atom stereocenters. The maximum Gasteiger partial charge on any atom is 0.338 e. The standard InChI is InChI=1S/C17H18NO3/c1-2-12-21-17(20)15-8-10-18(11-9-15)13-16(19)14-6-4-3-5-7-14/h3-11H,2,12-13H2,1H3/q+1. The van der Waals surface area contributed by atoms with E-state index in [0.29, 0.717) is 17.7 Å². The number of carbonyl (C=O) groups is 2. The molecule has 0 radical (unpaired) electrons. The van der Waals surface area contributed by atoms with Gasteiger partial charge < -0.3 is 4.74 Å². The minimum absolute atomic E-state index is 0.0295. The van der Waals surface area contributed by atoms with Gasteiger partial charge in [-0.15, -0.1) is 0 Å². The second-order valence-corrected chi connectivity index (χ2v) is 4.68. The number of esters is 1. The molecular weight excluding hydrogens is 266 g/mol. The molecule has 0 unspecified atom stereocenters. The van der Waals surface area contributed by atoms with Gasteiger partial charge in [-0.05, 0) is 6.42 Å². The molecular formula is C17H18NO3+. The number of hydrogen-bond acceptors (Lipinski definition) is 3. The van der Waals surface area contributed by atoms with Gasteiger partial charge in [-0.1, -0.05) is 37.3 Å². The summed E-state index contributed by atoms with van der Waals surface area (Å²) >= 11 is 0. The van der Waals surface area contributed by atoms with Crippen molar-refractivity contribution < 1.29 is 18.9 Å². The third kappa shape index (κ3) is 4.24. The summed E-state index contributed by atoms with van der Waals surface area (Å²) in [4.78, 5) is 23.7. The van der Waals surface area contributed by atoms with Gasteiger partial charge in [0.25, 0.3) is 0 Å². The minimum atomic E-state index is -0.335. The summed E-state index contributed by atoms with van der Waals surface area (Å²) < 4.78 is 6.79. The molecule has 0 saturated heterocycles. The highest BCUT2D eigenvalue weighted by Crippen LogP contribution is 2.02. The fourth-order valence-electron chi connectivity index (χ4n) is 1.86. The number of ketones is 1. The number of nitrogens with zero attached hydrogens (tertiary/aromatic N) is 1. The van der Waals surface area contributed by atoms with E-state index in [-0.39, 0.29) is 18.3 Å². The van der Waals surface area contributed by atoms with Crippen LogP contribution in [0.5, 0.6) is 0 Å². The summed E-state index contributed by atoms with van der Waals surface area (Å²) in [7, 11) is 0. The van der Waals surface area contributed by atoms with Crippen LogP contribution in [-0.4, -0.2) is 18.4 Å². The van der Waals surface area contributed by atoms with Crippen molar-refractivity contribution in [2.24, 2.45) is 0 Å². The van der Waals surface area contributed by atoms with Crippen molar-refractivity contribution in [3.8, 4) is 0 Å². The molecule has 4 heteroatoms. The Morgan fingerprint density at radius 1 is 1.00 bits per heavy atom. The zero-order chi connectivity index (χ0) is 15.1. The van der Waals surface area contributed by atoms with Gasteiger partial charge in [0.2, 0.25) is 12.3 Å². The van der Waals surface area contributed by atoms with E-state index in [2.05, 4.69) is 0 Å². The number of carbonyl (C=O) groups excluding carboxylic acids is 2. The van der Waals surface area contributed by atoms with Gasteiger partial charge in [0.05, 0.1) is 12.2 Å². The number of ether oxygens (including phenoxy) is 1. The lowest BCUT2D eigenvalue weighted by atomic mass is 10.1.